The SMILES string of the molecule is CCN1C(=O)/C(=C\c2cc(Cl)cc(Br)c2OC)c2ccccc21. The van der Waals surface area contributed by atoms with Crippen LogP contribution in [0.4, 0.5) is 5.69 Å². The molecule has 1 aliphatic rings. The number of anilines is 1. The third-order valence-electron chi connectivity index (χ3n) is 3.82. The van der Waals surface area contributed by atoms with Crippen molar-refractivity contribution in [2.24, 2.45) is 0 Å². The Kier molecular flexibility index (Phi) is 4.46. The highest BCUT2D eigenvalue weighted by Crippen LogP contribution is 2.40. The summed E-state index contributed by atoms with van der Waals surface area (Å²) in [5, 5.41) is 0.579. The predicted octanol–water partition coefficient (Wildman–Crippen LogP) is 5.02. The number of ether oxygens (including phenoxy) is 1. The first-order valence-corrected chi connectivity index (χ1v) is 8.40. The van der Waals surface area contributed by atoms with Gasteiger partial charge in [-0.15, -0.1) is 0 Å². The summed E-state index contributed by atoms with van der Waals surface area (Å²) in [5.74, 6) is 0.647. The monoisotopic (exact) mass is 391 g/mol. The van der Waals surface area contributed by atoms with Crippen molar-refractivity contribution < 1.29 is 9.53 Å². The van der Waals surface area contributed by atoms with Gasteiger partial charge in [0.15, 0.2) is 0 Å². The number of hydrogen-bond donors (Lipinski definition) is 0. The van der Waals surface area contributed by atoms with Gasteiger partial charge in [0.05, 0.1) is 17.3 Å². The Morgan fingerprint density at radius 2 is 2.04 bits per heavy atom. The topological polar surface area (TPSA) is 29.5 Å². The largest absolute Gasteiger partial charge is 0.495 e. The Balaban J connectivity index is 2.19. The van der Waals surface area contributed by atoms with Gasteiger partial charge in [0.1, 0.15) is 5.75 Å². The smallest absolute Gasteiger partial charge is 0.258 e. The van der Waals surface area contributed by atoms with E-state index in [1.165, 1.54) is 0 Å². The molecule has 3 rings (SSSR count). The van der Waals surface area contributed by atoms with E-state index in [1.807, 2.05) is 37.3 Å². The van der Waals surface area contributed by atoms with Crippen LogP contribution in [0.5, 0.6) is 5.75 Å². The number of rotatable bonds is 3. The molecule has 23 heavy (non-hydrogen) atoms. The van der Waals surface area contributed by atoms with Crippen molar-refractivity contribution in [2.45, 2.75) is 6.92 Å². The predicted molar refractivity (Wildman–Crippen MR) is 98.0 cm³/mol. The van der Waals surface area contributed by atoms with Crippen molar-refractivity contribution in [3.05, 3.63) is 57.0 Å². The molecule has 0 saturated heterocycles. The fraction of sp³-hybridized carbons (Fsp3) is 0.167. The molecule has 118 valence electrons. The molecule has 3 nitrogen and oxygen atoms in total. The minimum Gasteiger partial charge on any atom is -0.495 e. The third kappa shape index (κ3) is 2.77. The van der Waals surface area contributed by atoms with Gasteiger partial charge in [-0.3, -0.25) is 4.79 Å². The molecule has 0 fully saturated rings. The third-order valence-corrected chi connectivity index (χ3v) is 4.63. The number of likely N-dealkylation sites (N-methyl/N-ethyl adjacent to an activating group) is 1. The maximum absolute atomic E-state index is 12.7. The number of methoxy groups -OCH3 is 1. The molecule has 0 unspecified atom stereocenters. The van der Waals surface area contributed by atoms with Gasteiger partial charge in [0, 0.05) is 28.3 Å². The molecule has 0 bridgehead atoms. The van der Waals surface area contributed by atoms with Crippen LogP contribution in [-0.2, 0) is 4.79 Å². The lowest BCUT2D eigenvalue weighted by atomic mass is 10.0. The van der Waals surface area contributed by atoms with Gasteiger partial charge >= 0.3 is 0 Å². The summed E-state index contributed by atoms with van der Waals surface area (Å²) < 4.78 is 6.20. The minimum absolute atomic E-state index is 0.00755. The van der Waals surface area contributed by atoms with Crippen LogP contribution in [0.15, 0.2) is 40.9 Å². The van der Waals surface area contributed by atoms with E-state index < -0.39 is 0 Å². The molecule has 5 heteroatoms. The first-order valence-electron chi connectivity index (χ1n) is 7.22. The lowest BCUT2D eigenvalue weighted by molar-refractivity contribution is -0.112. The first-order chi connectivity index (χ1) is 11.1. The molecule has 0 spiro atoms. The van der Waals surface area contributed by atoms with Gasteiger partial charge in [0.25, 0.3) is 5.91 Å². The molecular formula is C18H15BrClNO2. The average Bonchev–Trinajstić information content (AvgIpc) is 2.79. The van der Waals surface area contributed by atoms with E-state index in [4.69, 9.17) is 16.3 Å². The number of fused-ring (bicyclic) bond motifs is 1. The highest BCUT2D eigenvalue weighted by Gasteiger charge is 2.31. The highest BCUT2D eigenvalue weighted by atomic mass is 79.9. The van der Waals surface area contributed by atoms with Crippen LogP contribution in [0, 0.1) is 0 Å². The molecule has 0 N–H and O–H groups in total. The summed E-state index contributed by atoms with van der Waals surface area (Å²) in [4.78, 5) is 14.5. The van der Waals surface area contributed by atoms with Crippen LogP contribution in [0.3, 0.4) is 0 Å². The number of carbonyl (C=O) groups excluding carboxylic acids is 1. The summed E-state index contributed by atoms with van der Waals surface area (Å²) in [7, 11) is 1.60. The number of benzene rings is 2. The Morgan fingerprint density at radius 1 is 1.30 bits per heavy atom. The number of amides is 1. The Morgan fingerprint density at radius 3 is 2.74 bits per heavy atom. The zero-order valence-corrected chi connectivity index (χ0v) is 15.1. The van der Waals surface area contributed by atoms with Gasteiger partial charge in [-0.05, 0) is 47.1 Å². The molecule has 1 heterocycles. The standard InChI is InChI=1S/C18H15BrClNO2/c1-3-21-16-7-5-4-6-13(16)14(18(21)22)9-11-8-12(20)10-15(19)17(11)23-2/h4-10H,3H2,1-2H3/b14-9-. The number of nitrogens with zero attached hydrogens (tertiary/aromatic N) is 1. The Hall–Kier alpha value is -1.78. The van der Waals surface area contributed by atoms with Crippen molar-refractivity contribution in [1.29, 1.82) is 0 Å². The molecule has 0 saturated carbocycles. The minimum atomic E-state index is -0.00755. The second-order valence-electron chi connectivity index (χ2n) is 5.13. The molecule has 1 amide bonds. The summed E-state index contributed by atoms with van der Waals surface area (Å²) >= 11 is 9.59. The van der Waals surface area contributed by atoms with Crippen molar-refractivity contribution in [3.8, 4) is 5.75 Å². The first kappa shape index (κ1) is 16.1. The van der Waals surface area contributed by atoms with Gasteiger partial charge in [0.2, 0.25) is 0 Å². The van der Waals surface area contributed by atoms with Crippen LogP contribution in [0.1, 0.15) is 18.1 Å². The normalized spacial score (nSPS) is 15.2. The second kappa shape index (κ2) is 6.38. The molecule has 2 aromatic rings. The molecule has 0 atom stereocenters. The maximum atomic E-state index is 12.7. The van der Waals surface area contributed by atoms with Gasteiger partial charge < -0.3 is 9.64 Å². The molecule has 0 aromatic heterocycles. The van der Waals surface area contributed by atoms with Gasteiger partial charge in [-0.2, -0.15) is 0 Å². The highest BCUT2D eigenvalue weighted by molar-refractivity contribution is 9.10. The molecule has 1 aliphatic heterocycles. The number of para-hydroxylation sites is 1. The molecular weight excluding hydrogens is 378 g/mol. The number of halogens is 2. The van der Waals surface area contributed by atoms with E-state index in [9.17, 15) is 4.79 Å². The average molecular weight is 393 g/mol. The zero-order chi connectivity index (χ0) is 16.6. The van der Waals surface area contributed by atoms with Crippen molar-refractivity contribution in [2.75, 3.05) is 18.6 Å². The van der Waals surface area contributed by atoms with E-state index in [-0.39, 0.29) is 5.91 Å². The van der Waals surface area contributed by atoms with Gasteiger partial charge in [-0.1, -0.05) is 29.8 Å². The van der Waals surface area contributed by atoms with E-state index in [0.29, 0.717) is 22.9 Å². The maximum Gasteiger partial charge on any atom is 0.258 e. The number of carbonyl (C=O) groups is 1. The van der Waals surface area contributed by atoms with E-state index in [2.05, 4.69) is 15.9 Å². The van der Waals surface area contributed by atoms with Crippen LogP contribution < -0.4 is 9.64 Å². The summed E-state index contributed by atoms with van der Waals surface area (Å²) in [6.07, 6.45) is 1.84. The quantitative estimate of drug-likeness (QED) is 0.687. The number of hydrogen-bond acceptors (Lipinski definition) is 2. The van der Waals surface area contributed by atoms with Crippen molar-refractivity contribution >= 4 is 50.8 Å². The van der Waals surface area contributed by atoms with Crippen LogP contribution in [0.2, 0.25) is 5.02 Å². The van der Waals surface area contributed by atoms with Gasteiger partial charge in [-0.25, -0.2) is 0 Å². The summed E-state index contributed by atoms with van der Waals surface area (Å²) in [6, 6.07) is 11.4. The van der Waals surface area contributed by atoms with Crippen molar-refractivity contribution in [1.82, 2.24) is 0 Å². The van der Waals surface area contributed by atoms with Crippen LogP contribution in [-0.4, -0.2) is 19.6 Å². The Bertz CT molecular complexity index is 817. The fourth-order valence-corrected chi connectivity index (χ4v) is 3.81. The fourth-order valence-electron chi connectivity index (χ4n) is 2.82. The molecule has 0 radical (unpaired) electrons. The lowest BCUT2D eigenvalue weighted by Crippen LogP contribution is -2.25. The van der Waals surface area contributed by atoms with Crippen molar-refractivity contribution in [3.63, 3.8) is 0 Å². The van der Waals surface area contributed by atoms with E-state index >= 15 is 0 Å². The molecule has 0 aliphatic carbocycles. The molecule has 2 aromatic carbocycles. The lowest BCUT2D eigenvalue weighted by Gasteiger charge is -2.13. The second-order valence-corrected chi connectivity index (χ2v) is 6.43. The van der Waals surface area contributed by atoms with Crippen LogP contribution >= 0.6 is 27.5 Å². The van der Waals surface area contributed by atoms with E-state index in [1.54, 1.807) is 24.1 Å². The Labute approximate surface area is 148 Å². The van der Waals surface area contributed by atoms with E-state index in [0.717, 1.165) is 21.3 Å². The zero-order valence-electron chi connectivity index (χ0n) is 12.8. The summed E-state index contributed by atoms with van der Waals surface area (Å²) in [6.45, 7) is 2.59. The van der Waals surface area contributed by atoms with Crippen LogP contribution in [0.25, 0.3) is 11.6 Å². The summed E-state index contributed by atoms with van der Waals surface area (Å²) in [5.41, 5.74) is 3.28.